The van der Waals surface area contributed by atoms with Gasteiger partial charge in [0.15, 0.2) is 9.84 Å². The fourth-order valence-electron chi connectivity index (χ4n) is 2.40. The minimum Gasteiger partial charge on any atom is -0.480 e. The smallest absolute Gasteiger partial charge is 0.316 e. The number of rotatable bonds is 5. The normalized spacial score (nSPS) is 21.3. The molecule has 1 saturated heterocycles. The van der Waals surface area contributed by atoms with Crippen molar-refractivity contribution in [1.82, 2.24) is 5.32 Å². The molecule has 0 radical (unpaired) electrons. The molecule has 0 saturated carbocycles. The number of sulfone groups is 1. The highest BCUT2D eigenvalue weighted by Gasteiger charge is 2.27. The minimum absolute atomic E-state index is 0.0421. The zero-order chi connectivity index (χ0) is 17.0. The zero-order valence-electron chi connectivity index (χ0n) is 12.7. The summed E-state index contributed by atoms with van der Waals surface area (Å²) in [5.74, 6) is -1.20. The van der Waals surface area contributed by atoms with E-state index < -0.39 is 27.1 Å². The van der Waals surface area contributed by atoms with Crippen LogP contribution in [-0.2, 0) is 14.6 Å². The topological polar surface area (TPSA) is 101 Å². The largest absolute Gasteiger partial charge is 0.480 e. The fraction of sp³-hybridized carbons (Fsp3) is 0.467. The number of carboxylic acid groups (broad SMARTS) is 1. The summed E-state index contributed by atoms with van der Waals surface area (Å²) >= 11 is 1.09. The molecule has 1 aliphatic rings. The van der Waals surface area contributed by atoms with Crippen molar-refractivity contribution in [3.05, 3.63) is 29.8 Å². The summed E-state index contributed by atoms with van der Waals surface area (Å²) in [6.45, 7) is 1.55. The van der Waals surface area contributed by atoms with E-state index in [0.29, 0.717) is 23.3 Å². The molecule has 6 nitrogen and oxygen atoms in total. The molecule has 1 amide bonds. The molecule has 1 aromatic carbocycles. The predicted octanol–water partition coefficient (Wildman–Crippen LogP) is 1.56. The summed E-state index contributed by atoms with van der Waals surface area (Å²) in [6.07, 6.45) is 1.17. The Labute approximate surface area is 139 Å². The number of aliphatic carboxylic acids is 1. The van der Waals surface area contributed by atoms with Gasteiger partial charge in [0.1, 0.15) is 5.25 Å². The van der Waals surface area contributed by atoms with Crippen LogP contribution in [0.1, 0.15) is 30.1 Å². The van der Waals surface area contributed by atoms with E-state index in [1.807, 2.05) is 0 Å². The monoisotopic (exact) mass is 357 g/mol. The van der Waals surface area contributed by atoms with Crippen LogP contribution in [0.3, 0.4) is 0 Å². The van der Waals surface area contributed by atoms with Gasteiger partial charge in [-0.15, -0.1) is 11.8 Å². The van der Waals surface area contributed by atoms with E-state index in [1.54, 1.807) is 31.2 Å². The van der Waals surface area contributed by atoms with Crippen molar-refractivity contribution >= 4 is 33.5 Å². The molecule has 2 unspecified atom stereocenters. The number of carbonyl (C=O) groups excluding carboxylic acids is 1. The zero-order valence-corrected chi connectivity index (χ0v) is 14.3. The second-order valence-electron chi connectivity index (χ2n) is 5.52. The number of nitrogens with one attached hydrogen (secondary N) is 1. The third kappa shape index (κ3) is 4.97. The maximum absolute atomic E-state index is 12.4. The molecule has 2 N–H and O–H groups in total. The van der Waals surface area contributed by atoms with Crippen LogP contribution in [0.4, 0.5) is 0 Å². The Morgan fingerprint density at radius 3 is 2.70 bits per heavy atom. The first-order chi connectivity index (χ1) is 10.8. The van der Waals surface area contributed by atoms with E-state index in [0.717, 1.165) is 11.8 Å². The Morgan fingerprint density at radius 1 is 1.35 bits per heavy atom. The Hall–Kier alpha value is -1.54. The van der Waals surface area contributed by atoms with E-state index in [2.05, 4.69) is 5.32 Å². The van der Waals surface area contributed by atoms with E-state index in [4.69, 9.17) is 5.11 Å². The lowest BCUT2D eigenvalue weighted by molar-refractivity contribution is -0.136. The molecule has 126 valence electrons. The Kier molecular flexibility index (Phi) is 5.69. The van der Waals surface area contributed by atoms with Gasteiger partial charge in [0.05, 0.1) is 17.1 Å². The molecule has 1 aromatic rings. The Bertz CT molecular complexity index is 702. The van der Waals surface area contributed by atoms with Crippen molar-refractivity contribution in [3.8, 4) is 0 Å². The van der Waals surface area contributed by atoms with E-state index in [9.17, 15) is 18.0 Å². The van der Waals surface area contributed by atoms with Crippen LogP contribution in [0.25, 0.3) is 0 Å². The second kappa shape index (κ2) is 7.35. The molecule has 1 heterocycles. The number of thioether (sulfide) groups is 1. The van der Waals surface area contributed by atoms with Crippen molar-refractivity contribution in [3.63, 3.8) is 0 Å². The van der Waals surface area contributed by atoms with Gasteiger partial charge in [0, 0.05) is 10.9 Å². The first-order valence-corrected chi connectivity index (χ1v) is 9.98. The lowest BCUT2D eigenvalue weighted by Gasteiger charge is -2.23. The van der Waals surface area contributed by atoms with Gasteiger partial charge in [-0.2, -0.15) is 0 Å². The van der Waals surface area contributed by atoms with Crippen molar-refractivity contribution in [2.24, 2.45) is 0 Å². The molecule has 2 atom stereocenters. The standard InChI is InChI=1S/C15H19NO5S2/c1-10(15(18)19)22-13-7-3-2-6-12(13)14(17)16-11-5-4-8-23(20,21)9-11/h2-3,6-7,10-11H,4-5,8-9H2,1H3,(H,16,17)(H,18,19). The van der Waals surface area contributed by atoms with Gasteiger partial charge < -0.3 is 10.4 Å². The first-order valence-electron chi connectivity index (χ1n) is 7.28. The van der Waals surface area contributed by atoms with Gasteiger partial charge in [-0.25, -0.2) is 8.42 Å². The van der Waals surface area contributed by atoms with E-state index >= 15 is 0 Å². The molecule has 0 bridgehead atoms. The highest BCUT2D eigenvalue weighted by atomic mass is 32.2. The van der Waals surface area contributed by atoms with Crippen LogP contribution in [0.15, 0.2) is 29.2 Å². The van der Waals surface area contributed by atoms with Crippen LogP contribution in [0.5, 0.6) is 0 Å². The average molecular weight is 357 g/mol. The Morgan fingerprint density at radius 2 is 2.04 bits per heavy atom. The van der Waals surface area contributed by atoms with Gasteiger partial charge in [-0.3, -0.25) is 9.59 Å². The summed E-state index contributed by atoms with van der Waals surface area (Å²) in [5.41, 5.74) is 0.369. The minimum atomic E-state index is -3.10. The van der Waals surface area contributed by atoms with Gasteiger partial charge in [-0.1, -0.05) is 12.1 Å². The average Bonchev–Trinajstić information content (AvgIpc) is 2.46. The Balaban J connectivity index is 2.12. The van der Waals surface area contributed by atoms with Gasteiger partial charge in [0.25, 0.3) is 5.91 Å². The van der Waals surface area contributed by atoms with Gasteiger partial charge in [-0.05, 0) is 31.9 Å². The number of benzene rings is 1. The van der Waals surface area contributed by atoms with E-state index in [1.165, 1.54) is 0 Å². The van der Waals surface area contributed by atoms with Crippen molar-refractivity contribution < 1.29 is 23.1 Å². The van der Waals surface area contributed by atoms with Crippen LogP contribution in [0.2, 0.25) is 0 Å². The van der Waals surface area contributed by atoms with Gasteiger partial charge >= 0.3 is 5.97 Å². The number of hydrogen-bond donors (Lipinski definition) is 2. The predicted molar refractivity (Wildman–Crippen MR) is 88.5 cm³/mol. The number of carbonyl (C=O) groups is 2. The molecule has 0 aliphatic carbocycles. The lowest BCUT2D eigenvalue weighted by atomic mass is 10.1. The maximum atomic E-state index is 12.4. The molecule has 8 heteroatoms. The molecule has 23 heavy (non-hydrogen) atoms. The lowest BCUT2D eigenvalue weighted by Crippen LogP contribution is -2.43. The maximum Gasteiger partial charge on any atom is 0.316 e. The fourth-order valence-corrected chi connectivity index (χ4v) is 4.96. The summed E-state index contributed by atoms with van der Waals surface area (Å²) in [7, 11) is -3.10. The summed E-state index contributed by atoms with van der Waals surface area (Å²) in [6, 6.07) is 6.34. The molecule has 1 fully saturated rings. The third-order valence-corrected chi connectivity index (χ3v) is 6.57. The van der Waals surface area contributed by atoms with Crippen LogP contribution in [0, 0.1) is 0 Å². The van der Waals surface area contributed by atoms with Crippen molar-refractivity contribution in [2.45, 2.75) is 36.0 Å². The summed E-state index contributed by atoms with van der Waals surface area (Å²) in [5, 5.41) is 11.1. The second-order valence-corrected chi connectivity index (χ2v) is 9.13. The van der Waals surface area contributed by atoms with Crippen molar-refractivity contribution in [2.75, 3.05) is 11.5 Å². The number of amides is 1. The molecular weight excluding hydrogens is 338 g/mol. The molecular formula is C15H19NO5S2. The SMILES string of the molecule is CC(Sc1ccccc1C(=O)NC1CCCS(=O)(=O)C1)C(=O)O. The quantitative estimate of drug-likeness (QED) is 0.776. The highest BCUT2D eigenvalue weighted by molar-refractivity contribution is 8.00. The van der Waals surface area contributed by atoms with Crippen LogP contribution >= 0.6 is 11.8 Å². The van der Waals surface area contributed by atoms with E-state index in [-0.39, 0.29) is 17.4 Å². The number of carboxylic acids is 1. The molecule has 1 aliphatic heterocycles. The van der Waals surface area contributed by atoms with Crippen LogP contribution < -0.4 is 5.32 Å². The van der Waals surface area contributed by atoms with Gasteiger partial charge in [0.2, 0.25) is 0 Å². The molecule has 2 rings (SSSR count). The third-order valence-electron chi connectivity index (χ3n) is 3.58. The molecule has 0 aromatic heterocycles. The molecule has 0 spiro atoms. The number of hydrogen-bond acceptors (Lipinski definition) is 5. The summed E-state index contributed by atoms with van der Waals surface area (Å²) in [4.78, 5) is 24.0. The van der Waals surface area contributed by atoms with Crippen LogP contribution in [-0.4, -0.2) is 48.2 Å². The highest BCUT2D eigenvalue weighted by Crippen LogP contribution is 2.27. The van der Waals surface area contributed by atoms with Crippen molar-refractivity contribution in [1.29, 1.82) is 0 Å². The summed E-state index contributed by atoms with van der Waals surface area (Å²) < 4.78 is 23.3. The first kappa shape index (κ1) is 17.8.